The van der Waals surface area contributed by atoms with Crippen molar-refractivity contribution < 1.29 is 26.7 Å². The van der Waals surface area contributed by atoms with E-state index in [1.54, 1.807) is 19.1 Å². The molecule has 0 radical (unpaired) electrons. The number of benzene rings is 3. The van der Waals surface area contributed by atoms with E-state index in [9.17, 15) is 26.7 Å². The minimum atomic E-state index is -4.82. The Labute approximate surface area is 214 Å². The van der Waals surface area contributed by atoms with Gasteiger partial charge >= 0.3 is 12.2 Å². The molecule has 0 spiro atoms. The number of alkyl halides is 3. The summed E-state index contributed by atoms with van der Waals surface area (Å²) in [5, 5.41) is 12.8. The molecule has 0 bridgehead atoms. The number of rotatable bonds is 3. The zero-order chi connectivity index (χ0) is 27.0. The van der Waals surface area contributed by atoms with Crippen molar-refractivity contribution in [2.75, 3.05) is 29.9 Å². The summed E-state index contributed by atoms with van der Waals surface area (Å²) >= 11 is 0. The molecule has 4 aromatic rings. The maximum Gasteiger partial charge on any atom is 0.418 e. The number of nitrogens with one attached hydrogen (secondary N) is 1. The summed E-state index contributed by atoms with van der Waals surface area (Å²) in [5.74, 6) is -0.792. The van der Waals surface area contributed by atoms with E-state index in [2.05, 4.69) is 15.5 Å². The predicted molar refractivity (Wildman–Crippen MR) is 134 cm³/mol. The van der Waals surface area contributed by atoms with Gasteiger partial charge in [0.15, 0.2) is 5.82 Å². The first-order chi connectivity index (χ1) is 18.1. The highest BCUT2D eigenvalue weighted by Crippen LogP contribution is 2.36. The summed E-state index contributed by atoms with van der Waals surface area (Å²) in [6, 6.07) is 14.6. The van der Waals surface area contributed by atoms with Crippen LogP contribution in [0.1, 0.15) is 12.5 Å². The number of piperazine rings is 1. The molecule has 1 aliphatic rings. The molecule has 6 nitrogen and oxygen atoms in total. The Balaban J connectivity index is 1.36. The molecule has 2 amide bonds. The van der Waals surface area contributed by atoms with E-state index in [4.69, 9.17) is 0 Å². The fourth-order valence-corrected chi connectivity index (χ4v) is 4.64. The Hall–Kier alpha value is -4.28. The summed E-state index contributed by atoms with van der Waals surface area (Å²) in [6.45, 7) is 2.72. The molecule has 5 rings (SSSR count). The van der Waals surface area contributed by atoms with Crippen molar-refractivity contribution in [3.8, 4) is 11.3 Å². The normalized spacial score (nSPS) is 16.1. The van der Waals surface area contributed by atoms with Gasteiger partial charge in [-0.25, -0.2) is 13.6 Å². The molecule has 1 unspecified atom stereocenters. The lowest BCUT2D eigenvalue weighted by atomic mass is 10.0. The highest BCUT2D eigenvalue weighted by Gasteiger charge is 2.36. The molecular formula is C27H22F5N5O. The fourth-order valence-electron chi connectivity index (χ4n) is 4.64. The van der Waals surface area contributed by atoms with Crippen molar-refractivity contribution in [1.82, 2.24) is 15.1 Å². The topological polar surface area (TPSA) is 61.4 Å². The first-order valence-electron chi connectivity index (χ1n) is 11.8. The first kappa shape index (κ1) is 25.4. The zero-order valence-electron chi connectivity index (χ0n) is 20.1. The lowest BCUT2D eigenvalue weighted by Gasteiger charge is -2.40. The number of anilines is 2. The number of hydrogen-bond acceptors (Lipinski definition) is 4. The Morgan fingerprint density at radius 2 is 1.61 bits per heavy atom. The van der Waals surface area contributed by atoms with Crippen molar-refractivity contribution in [3.63, 3.8) is 0 Å². The van der Waals surface area contributed by atoms with Gasteiger partial charge < -0.3 is 15.1 Å². The smallest absolute Gasteiger partial charge is 0.351 e. The van der Waals surface area contributed by atoms with E-state index in [0.717, 1.165) is 28.5 Å². The van der Waals surface area contributed by atoms with E-state index >= 15 is 0 Å². The molecule has 1 atom stereocenters. The Morgan fingerprint density at radius 1 is 0.921 bits per heavy atom. The Kier molecular flexibility index (Phi) is 6.60. The van der Waals surface area contributed by atoms with Crippen LogP contribution in [0.25, 0.3) is 22.0 Å². The van der Waals surface area contributed by atoms with Gasteiger partial charge in [-0.2, -0.15) is 13.2 Å². The summed E-state index contributed by atoms with van der Waals surface area (Å²) < 4.78 is 66.9. The number of halogens is 5. The van der Waals surface area contributed by atoms with Gasteiger partial charge in [0.1, 0.15) is 17.3 Å². The van der Waals surface area contributed by atoms with E-state index in [1.807, 2.05) is 29.2 Å². The summed E-state index contributed by atoms with van der Waals surface area (Å²) in [4.78, 5) is 16.3. The van der Waals surface area contributed by atoms with Crippen molar-refractivity contribution in [1.29, 1.82) is 0 Å². The zero-order valence-corrected chi connectivity index (χ0v) is 20.1. The largest absolute Gasteiger partial charge is 0.418 e. The van der Waals surface area contributed by atoms with Crippen LogP contribution in [0.4, 0.5) is 38.3 Å². The second kappa shape index (κ2) is 9.88. The van der Waals surface area contributed by atoms with Gasteiger partial charge in [0, 0.05) is 42.0 Å². The molecule has 0 saturated carbocycles. The number of nitrogens with zero attached hydrogens (tertiary/aromatic N) is 4. The van der Waals surface area contributed by atoms with Gasteiger partial charge in [0.25, 0.3) is 0 Å². The number of urea groups is 1. The molecular weight excluding hydrogens is 505 g/mol. The molecule has 3 aromatic carbocycles. The first-order valence-corrected chi connectivity index (χ1v) is 11.8. The van der Waals surface area contributed by atoms with Crippen LogP contribution in [0.5, 0.6) is 0 Å². The summed E-state index contributed by atoms with van der Waals surface area (Å²) in [7, 11) is 0. The van der Waals surface area contributed by atoms with Crippen molar-refractivity contribution in [2.24, 2.45) is 0 Å². The van der Waals surface area contributed by atoms with Gasteiger partial charge in [-0.15, -0.1) is 10.2 Å². The minimum absolute atomic E-state index is 0.214. The maximum absolute atomic E-state index is 13.4. The third kappa shape index (κ3) is 4.96. The van der Waals surface area contributed by atoms with Crippen molar-refractivity contribution in [2.45, 2.75) is 19.1 Å². The van der Waals surface area contributed by atoms with Crippen LogP contribution in [0.15, 0.2) is 66.7 Å². The molecule has 1 aliphatic heterocycles. The van der Waals surface area contributed by atoms with E-state index < -0.39 is 29.3 Å². The van der Waals surface area contributed by atoms with Crippen LogP contribution in [0, 0.1) is 11.6 Å². The van der Waals surface area contributed by atoms with Gasteiger partial charge in [-0.05, 0) is 49.4 Å². The molecule has 11 heteroatoms. The highest BCUT2D eigenvalue weighted by molar-refractivity contribution is 6.00. The Bertz CT molecular complexity index is 1490. The van der Waals surface area contributed by atoms with Crippen LogP contribution in [0.2, 0.25) is 0 Å². The number of amides is 2. The van der Waals surface area contributed by atoms with E-state index in [-0.39, 0.29) is 18.4 Å². The minimum Gasteiger partial charge on any atom is -0.351 e. The molecule has 2 heterocycles. The van der Waals surface area contributed by atoms with Crippen molar-refractivity contribution in [3.05, 3.63) is 83.9 Å². The average molecular weight is 527 g/mol. The highest BCUT2D eigenvalue weighted by atomic mass is 19.4. The number of carbonyl (C=O) groups is 1. The third-order valence-corrected chi connectivity index (χ3v) is 6.50. The second-order valence-corrected chi connectivity index (χ2v) is 9.03. The fraction of sp³-hybridized carbons (Fsp3) is 0.222. The molecule has 1 aromatic heterocycles. The van der Waals surface area contributed by atoms with Crippen molar-refractivity contribution >= 4 is 28.3 Å². The predicted octanol–water partition coefficient (Wildman–Crippen LogP) is 6.34. The van der Waals surface area contributed by atoms with Crippen LogP contribution in [-0.2, 0) is 6.18 Å². The van der Waals surface area contributed by atoms with Crippen LogP contribution in [0.3, 0.4) is 0 Å². The maximum atomic E-state index is 13.4. The van der Waals surface area contributed by atoms with Crippen LogP contribution in [-0.4, -0.2) is 46.8 Å². The molecule has 1 saturated heterocycles. The quantitative estimate of drug-likeness (QED) is 0.316. The lowest BCUT2D eigenvalue weighted by Crippen LogP contribution is -2.55. The molecule has 0 aliphatic carbocycles. The second-order valence-electron chi connectivity index (χ2n) is 9.03. The number of carbonyl (C=O) groups excluding carboxylic acids is 1. The average Bonchev–Trinajstić information content (AvgIpc) is 2.89. The summed E-state index contributed by atoms with van der Waals surface area (Å²) in [5.41, 5.74) is -0.433. The number of aromatic nitrogens is 2. The van der Waals surface area contributed by atoms with Gasteiger partial charge in [0.05, 0.1) is 11.3 Å². The molecule has 1 fully saturated rings. The number of hydrogen-bond donors (Lipinski definition) is 1. The molecule has 38 heavy (non-hydrogen) atoms. The van der Waals surface area contributed by atoms with E-state index in [1.165, 1.54) is 17.0 Å². The molecule has 1 N–H and O–H groups in total. The van der Waals surface area contributed by atoms with Crippen LogP contribution < -0.4 is 10.2 Å². The van der Waals surface area contributed by atoms with Gasteiger partial charge in [-0.1, -0.05) is 24.3 Å². The Morgan fingerprint density at radius 3 is 2.29 bits per heavy atom. The van der Waals surface area contributed by atoms with E-state index in [0.29, 0.717) is 30.7 Å². The van der Waals surface area contributed by atoms with Crippen LogP contribution >= 0.6 is 0 Å². The summed E-state index contributed by atoms with van der Waals surface area (Å²) in [6.07, 6.45) is -4.82. The van der Waals surface area contributed by atoms with Gasteiger partial charge in [0.2, 0.25) is 0 Å². The monoisotopic (exact) mass is 527 g/mol. The number of fused-ring (bicyclic) bond motifs is 1. The lowest BCUT2D eigenvalue weighted by molar-refractivity contribution is -0.137. The van der Waals surface area contributed by atoms with Gasteiger partial charge in [-0.3, -0.25) is 0 Å². The SMILES string of the molecule is CC1CN(c2nnc(-c3ccc(F)cc3)c3ccccc23)CCN1C(=O)Nc1ccc(F)cc1C(F)(F)F. The standard InChI is InChI=1S/C27H22F5N5O/c1-16-15-36(12-13-37(16)26(38)33-23-11-10-19(29)14-22(23)27(30,31)32)25-21-5-3-2-4-20(21)24(34-35-25)17-6-8-18(28)9-7-17/h2-11,14,16H,12-13,15H2,1H3,(H,33,38). The molecule has 196 valence electrons. The third-order valence-electron chi connectivity index (χ3n) is 6.50.